The number of hydrogen-bond donors (Lipinski definition) is 1. The van der Waals surface area contributed by atoms with Crippen LogP contribution < -0.4 is 15.0 Å². The molecule has 34 heavy (non-hydrogen) atoms. The van der Waals surface area contributed by atoms with Gasteiger partial charge in [-0.15, -0.1) is 11.8 Å². The van der Waals surface area contributed by atoms with Crippen LogP contribution >= 0.6 is 11.8 Å². The molecule has 1 fully saturated rings. The van der Waals surface area contributed by atoms with Crippen LogP contribution in [-0.2, 0) is 11.2 Å². The van der Waals surface area contributed by atoms with Crippen molar-refractivity contribution in [2.45, 2.75) is 38.5 Å². The number of amides is 2. The molecule has 176 valence electrons. The summed E-state index contributed by atoms with van der Waals surface area (Å²) in [6.07, 6.45) is 3.32. The summed E-state index contributed by atoms with van der Waals surface area (Å²) in [6.45, 7) is 4.63. The number of ether oxygens (including phenoxy) is 1. The number of benzene rings is 3. The average Bonchev–Trinajstić information content (AvgIpc) is 3.25. The molecule has 0 spiro atoms. The van der Waals surface area contributed by atoms with Gasteiger partial charge in [-0.3, -0.25) is 14.5 Å². The second-order valence-electron chi connectivity index (χ2n) is 8.21. The molecule has 4 rings (SSSR count). The van der Waals surface area contributed by atoms with Crippen molar-refractivity contribution in [3.63, 3.8) is 0 Å². The number of hydrogen-bond acceptors (Lipinski definition) is 4. The number of aryl methyl sites for hydroxylation is 1. The van der Waals surface area contributed by atoms with Gasteiger partial charge in [0.2, 0.25) is 5.91 Å². The lowest BCUT2D eigenvalue weighted by molar-refractivity contribution is -0.115. The maximum Gasteiger partial charge on any atom is 0.255 e. The van der Waals surface area contributed by atoms with E-state index in [1.165, 1.54) is 5.56 Å². The molecule has 2 amide bonds. The first-order valence-corrected chi connectivity index (χ1v) is 12.8. The Morgan fingerprint density at radius 1 is 1.06 bits per heavy atom. The predicted molar refractivity (Wildman–Crippen MR) is 140 cm³/mol. The minimum absolute atomic E-state index is 0.0414. The zero-order valence-electron chi connectivity index (χ0n) is 19.6. The average molecular weight is 475 g/mol. The quantitative estimate of drug-likeness (QED) is 0.387. The molecule has 1 aliphatic rings. The first-order chi connectivity index (χ1) is 16.6. The second-order valence-corrected chi connectivity index (χ2v) is 9.28. The van der Waals surface area contributed by atoms with E-state index in [9.17, 15) is 9.59 Å². The molecule has 1 N–H and O–H groups in total. The fraction of sp³-hybridized carbons (Fsp3) is 0.286. The standard InChI is InChI=1S/C28H30N2O3S/c1-3-5-9-20-14-16-21(17-15-20)27(32)29-23-11-8-10-22(18-23)28-30(26(31)19-34-28)24-12-6-7-13-25(24)33-4-2/h6-8,10-18,28H,3-5,9,19H2,1-2H3,(H,29,32)/t28-/m1/s1. The summed E-state index contributed by atoms with van der Waals surface area (Å²) < 4.78 is 5.78. The lowest BCUT2D eigenvalue weighted by atomic mass is 10.1. The first-order valence-electron chi connectivity index (χ1n) is 11.8. The largest absolute Gasteiger partial charge is 0.492 e. The van der Waals surface area contributed by atoms with Gasteiger partial charge in [-0.25, -0.2) is 0 Å². The van der Waals surface area contributed by atoms with E-state index >= 15 is 0 Å². The van der Waals surface area contributed by atoms with Crippen molar-refractivity contribution >= 4 is 35.0 Å². The van der Waals surface area contributed by atoms with Crippen LogP contribution in [0.5, 0.6) is 5.75 Å². The summed E-state index contributed by atoms with van der Waals surface area (Å²) in [5, 5.41) is 2.81. The Hall–Kier alpha value is -3.25. The molecule has 0 unspecified atom stereocenters. The minimum atomic E-state index is -0.191. The van der Waals surface area contributed by atoms with Crippen LogP contribution in [-0.4, -0.2) is 24.2 Å². The van der Waals surface area contributed by atoms with Crippen molar-refractivity contribution in [1.82, 2.24) is 0 Å². The fourth-order valence-corrected chi connectivity index (χ4v) is 5.20. The van der Waals surface area contributed by atoms with Gasteiger partial charge in [-0.2, -0.15) is 0 Å². The van der Waals surface area contributed by atoms with Crippen molar-refractivity contribution in [1.29, 1.82) is 0 Å². The van der Waals surface area contributed by atoms with Gasteiger partial charge < -0.3 is 10.1 Å². The molecule has 1 saturated heterocycles. The highest BCUT2D eigenvalue weighted by Gasteiger charge is 2.35. The molecule has 0 aromatic heterocycles. The lowest BCUT2D eigenvalue weighted by Crippen LogP contribution is -2.28. The highest BCUT2D eigenvalue weighted by molar-refractivity contribution is 8.00. The van der Waals surface area contributed by atoms with Gasteiger partial charge in [0.25, 0.3) is 5.91 Å². The van der Waals surface area contributed by atoms with E-state index < -0.39 is 0 Å². The Balaban J connectivity index is 1.52. The monoisotopic (exact) mass is 474 g/mol. The van der Waals surface area contributed by atoms with Gasteiger partial charge in [0.15, 0.2) is 0 Å². The topological polar surface area (TPSA) is 58.6 Å². The summed E-state index contributed by atoms with van der Waals surface area (Å²) in [4.78, 5) is 27.5. The summed E-state index contributed by atoms with van der Waals surface area (Å²) in [5.74, 6) is 0.983. The Morgan fingerprint density at radius 2 is 1.85 bits per heavy atom. The molecule has 6 heteroatoms. The SMILES string of the molecule is CCCCc1ccc(C(=O)Nc2cccc([C@H]3SCC(=O)N3c3ccccc3OCC)c2)cc1. The van der Waals surface area contributed by atoms with Crippen molar-refractivity contribution in [2.24, 2.45) is 0 Å². The fourth-order valence-electron chi connectivity index (χ4n) is 4.04. The van der Waals surface area contributed by atoms with E-state index in [2.05, 4.69) is 12.2 Å². The van der Waals surface area contributed by atoms with E-state index in [0.29, 0.717) is 29.4 Å². The van der Waals surface area contributed by atoms with Crippen LogP contribution in [0.25, 0.3) is 0 Å². The number of thioether (sulfide) groups is 1. The van der Waals surface area contributed by atoms with Gasteiger partial charge in [-0.1, -0.05) is 49.7 Å². The second kappa shape index (κ2) is 11.3. The van der Waals surface area contributed by atoms with Gasteiger partial charge in [-0.05, 0) is 67.3 Å². The van der Waals surface area contributed by atoms with E-state index in [1.54, 1.807) is 16.7 Å². The maximum absolute atomic E-state index is 12.8. The molecule has 0 aliphatic carbocycles. The maximum atomic E-state index is 12.8. The molecular weight excluding hydrogens is 444 g/mol. The highest BCUT2D eigenvalue weighted by Crippen LogP contribution is 2.45. The Morgan fingerprint density at radius 3 is 2.62 bits per heavy atom. The van der Waals surface area contributed by atoms with Crippen LogP contribution in [0.4, 0.5) is 11.4 Å². The molecule has 1 atom stereocenters. The van der Waals surface area contributed by atoms with Gasteiger partial charge >= 0.3 is 0 Å². The van der Waals surface area contributed by atoms with Gasteiger partial charge in [0.1, 0.15) is 11.1 Å². The molecule has 0 saturated carbocycles. The number of carbonyl (C=O) groups is 2. The van der Waals surface area contributed by atoms with E-state index in [4.69, 9.17) is 4.74 Å². The summed E-state index contributed by atoms with van der Waals surface area (Å²) in [5.41, 5.74) is 4.30. The molecule has 0 bridgehead atoms. The molecule has 3 aromatic rings. The predicted octanol–water partition coefficient (Wildman–Crippen LogP) is 6.46. The summed E-state index contributed by atoms with van der Waals surface area (Å²) in [7, 11) is 0. The smallest absolute Gasteiger partial charge is 0.255 e. The Labute approximate surface area is 205 Å². The Bertz CT molecular complexity index is 1150. The van der Waals surface area contributed by atoms with E-state index in [1.807, 2.05) is 79.7 Å². The molecule has 1 heterocycles. The number of carbonyl (C=O) groups excluding carboxylic acids is 2. The molecule has 3 aromatic carbocycles. The van der Waals surface area contributed by atoms with E-state index in [-0.39, 0.29) is 17.2 Å². The van der Waals surface area contributed by atoms with Crippen LogP contribution in [0, 0.1) is 0 Å². The number of nitrogens with one attached hydrogen (secondary N) is 1. The van der Waals surface area contributed by atoms with Crippen molar-refractivity contribution in [3.05, 3.63) is 89.5 Å². The minimum Gasteiger partial charge on any atom is -0.492 e. The third-order valence-electron chi connectivity index (χ3n) is 5.76. The van der Waals surface area contributed by atoms with E-state index in [0.717, 1.165) is 30.5 Å². The zero-order valence-corrected chi connectivity index (χ0v) is 20.4. The first kappa shape index (κ1) is 23.9. The number of nitrogens with zero attached hydrogens (tertiary/aromatic N) is 1. The highest BCUT2D eigenvalue weighted by atomic mass is 32.2. The molecule has 0 radical (unpaired) electrons. The zero-order chi connectivity index (χ0) is 23.9. The molecule has 5 nitrogen and oxygen atoms in total. The Kier molecular flexibility index (Phi) is 7.91. The normalized spacial score (nSPS) is 15.4. The van der Waals surface area contributed by atoms with Crippen molar-refractivity contribution < 1.29 is 14.3 Å². The molecular formula is C28H30N2O3S. The summed E-state index contributed by atoms with van der Waals surface area (Å²) >= 11 is 1.57. The van der Waals surface area contributed by atoms with Gasteiger partial charge in [0, 0.05) is 11.3 Å². The third kappa shape index (κ3) is 5.45. The number of unbranched alkanes of at least 4 members (excludes halogenated alkanes) is 1. The van der Waals surface area contributed by atoms with Gasteiger partial charge in [0.05, 0.1) is 18.0 Å². The van der Waals surface area contributed by atoms with Crippen LogP contribution in [0.2, 0.25) is 0 Å². The van der Waals surface area contributed by atoms with Crippen molar-refractivity contribution in [3.8, 4) is 5.75 Å². The van der Waals surface area contributed by atoms with Crippen molar-refractivity contribution in [2.75, 3.05) is 22.6 Å². The van der Waals surface area contributed by atoms with Crippen LogP contribution in [0.1, 0.15) is 53.5 Å². The third-order valence-corrected chi connectivity index (χ3v) is 6.97. The summed E-state index contributed by atoms with van der Waals surface area (Å²) in [6, 6.07) is 23.1. The molecule has 1 aliphatic heterocycles. The number of rotatable bonds is 9. The van der Waals surface area contributed by atoms with Crippen LogP contribution in [0.15, 0.2) is 72.8 Å². The number of para-hydroxylation sites is 2. The van der Waals surface area contributed by atoms with Crippen LogP contribution in [0.3, 0.4) is 0 Å². The number of anilines is 2. The lowest BCUT2D eigenvalue weighted by Gasteiger charge is -2.26.